The second kappa shape index (κ2) is 6.78. The Balaban J connectivity index is 2.25. The van der Waals surface area contributed by atoms with E-state index in [0.717, 1.165) is 22.3 Å². The summed E-state index contributed by atoms with van der Waals surface area (Å²) >= 11 is 0. The van der Waals surface area contributed by atoms with Crippen LogP contribution in [0.2, 0.25) is 0 Å². The van der Waals surface area contributed by atoms with Crippen molar-refractivity contribution in [3.63, 3.8) is 0 Å². The molecule has 4 heteroatoms. The van der Waals surface area contributed by atoms with Crippen molar-refractivity contribution in [1.29, 1.82) is 0 Å². The molecule has 2 rings (SSSR count). The Morgan fingerprint density at radius 1 is 1.09 bits per heavy atom. The van der Waals surface area contributed by atoms with E-state index in [-0.39, 0.29) is 6.61 Å². The molecule has 1 unspecified atom stereocenters. The van der Waals surface area contributed by atoms with Crippen molar-refractivity contribution >= 4 is 12.9 Å². The third kappa shape index (κ3) is 3.67. The zero-order valence-electron chi connectivity index (χ0n) is 13.6. The van der Waals surface area contributed by atoms with Gasteiger partial charge < -0.3 is 9.42 Å². The van der Waals surface area contributed by atoms with Gasteiger partial charge in [0.25, 0.3) is 0 Å². The van der Waals surface area contributed by atoms with E-state index in [9.17, 15) is 9.46 Å². The molecule has 1 N–H and O–H groups in total. The fourth-order valence-electron chi connectivity index (χ4n) is 2.74. The summed E-state index contributed by atoms with van der Waals surface area (Å²) in [6.07, 6.45) is 0.701. The molecule has 0 aliphatic heterocycles. The van der Waals surface area contributed by atoms with Gasteiger partial charge in [0.2, 0.25) is 0 Å². The van der Waals surface area contributed by atoms with Crippen LogP contribution in [0, 0.1) is 20.8 Å². The molecule has 1 atom stereocenters. The van der Waals surface area contributed by atoms with Crippen molar-refractivity contribution in [2.24, 2.45) is 0 Å². The fourth-order valence-corrected chi connectivity index (χ4v) is 4.06. The average molecular weight is 318 g/mol. The van der Waals surface area contributed by atoms with E-state index in [1.54, 1.807) is 12.1 Å². The van der Waals surface area contributed by atoms with E-state index >= 15 is 0 Å². The summed E-state index contributed by atoms with van der Waals surface area (Å²) in [5, 5.41) is 0.403. The predicted octanol–water partition coefficient (Wildman–Crippen LogP) is 4.20. The monoisotopic (exact) mass is 318 g/mol. The first-order valence-corrected chi connectivity index (χ1v) is 9.05. The van der Waals surface area contributed by atoms with Crippen LogP contribution >= 0.6 is 7.60 Å². The molecule has 0 saturated carbocycles. The number of benzene rings is 2. The van der Waals surface area contributed by atoms with E-state index in [4.69, 9.17) is 4.52 Å². The topological polar surface area (TPSA) is 46.5 Å². The molecule has 2 aromatic rings. The molecule has 0 saturated heterocycles. The quantitative estimate of drug-likeness (QED) is 0.840. The summed E-state index contributed by atoms with van der Waals surface area (Å²) in [6, 6.07) is 11.3. The van der Waals surface area contributed by atoms with Crippen LogP contribution in [0.1, 0.15) is 34.7 Å². The highest BCUT2D eigenvalue weighted by atomic mass is 31.2. The maximum atomic E-state index is 12.6. The van der Waals surface area contributed by atoms with Crippen LogP contribution in [0.4, 0.5) is 0 Å². The smallest absolute Gasteiger partial charge is 0.321 e. The molecule has 0 aromatic heterocycles. The lowest BCUT2D eigenvalue weighted by Crippen LogP contribution is -2.13. The standard InChI is InChI=1S/C18H23O3P/c1-5-16-8-6-7-9-18(16)22(19,20)21-12-17-14(3)10-13(2)11-15(17)4/h6-11H,5,12H2,1-4H3,(H,19,20). The van der Waals surface area contributed by atoms with E-state index in [0.29, 0.717) is 11.7 Å². The molecule has 0 aliphatic rings. The van der Waals surface area contributed by atoms with Gasteiger partial charge in [-0.3, -0.25) is 4.57 Å². The summed E-state index contributed by atoms with van der Waals surface area (Å²) in [6.45, 7) is 8.15. The second-order valence-electron chi connectivity index (χ2n) is 5.65. The van der Waals surface area contributed by atoms with Gasteiger partial charge >= 0.3 is 7.60 Å². The van der Waals surface area contributed by atoms with Crippen LogP contribution in [0.3, 0.4) is 0 Å². The Bertz CT molecular complexity index is 699. The lowest BCUT2D eigenvalue weighted by atomic mass is 10.0. The van der Waals surface area contributed by atoms with Crippen LogP contribution in [0.15, 0.2) is 36.4 Å². The molecule has 0 bridgehead atoms. The molecule has 0 radical (unpaired) electrons. The number of rotatable bonds is 5. The van der Waals surface area contributed by atoms with Crippen LogP contribution in [-0.4, -0.2) is 4.89 Å². The Hall–Kier alpha value is -1.41. The Kier molecular flexibility index (Phi) is 5.23. The SMILES string of the molecule is CCc1ccccc1P(=O)(O)OCc1c(C)cc(C)cc1C. The Labute approximate surface area is 132 Å². The lowest BCUT2D eigenvalue weighted by molar-refractivity contribution is 0.258. The molecule has 0 heterocycles. The molecule has 3 nitrogen and oxygen atoms in total. The van der Waals surface area contributed by atoms with Gasteiger partial charge in [-0.05, 0) is 55.5 Å². The average Bonchev–Trinajstić information content (AvgIpc) is 2.46. The van der Waals surface area contributed by atoms with Gasteiger partial charge in [0, 0.05) is 0 Å². The summed E-state index contributed by atoms with van der Waals surface area (Å²) in [5.41, 5.74) is 5.18. The zero-order chi connectivity index (χ0) is 16.3. The molecule has 0 fully saturated rings. The Morgan fingerprint density at radius 2 is 1.68 bits per heavy atom. The van der Waals surface area contributed by atoms with Crippen molar-refractivity contribution in [2.45, 2.75) is 40.7 Å². The summed E-state index contributed by atoms with van der Waals surface area (Å²) < 4.78 is 18.0. The van der Waals surface area contributed by atoms with Crippen LogP contribution in [-0.2, 0) is 22.1 Å². The zero-order valence-corrected chi connectivity index (χ0v) is 14.5. The molecule has 118 valence electrons. The summed E-state index contributed by atoms with van der Waals surface area (Å²) in [5.74, 6) is 0. The highest BCUT2D eigenvalue weighted by molar-refractivity contribution is 7.61. The normalized spacial score (nSPS) is 13.9. The van der Waals surface area contributed by atoms with Gasteiger partial charge in [-0.15, -0.1) is 0 Å². The number of aryl methyl sites for hydroxylation is 4. The van der Waals surface area contributed by atoms with Crippen molar-refractivity contribution in [3.8, 4) is 0 Å². The van der Waals surface area contributed by atoms with Crippen LogP contribution in [0.5, 0.6) is 0 Å². The maximum absolute atomic E-state index is 12.6. The van der Waals surface area contributed by atoms with Crippen molar-refractivity contribution in [3.05, 3.63) is 64.2 Å². The summed E-state index contributed by atoms with van der Waals surface area (Å²) in [7, 11) is -3.82. The molecule has 0 amide bonds. The van der Waals surface area contributed by atoms with Crippen LogP contribution < -0.4 is 5.30 Å². The first-order chi connectivity index (χ1) is 10.3. The largest absolute Gasteiger partial charge is 0.359 e. The van der Waals surface area contributed by atoms with Crippen molar-refractivity contribution in [1.82, 2.24) is 0 Å². The summed E-state index contributed by atoms with van der Waals surface area (Å²) in [4.78, 5) is 10.3. The van der Waals surface area contributed by atoms with Crippen LogP contribution in [0.25, 0.3) is 0 Å². The molecule has 2 aromatic carbocycles. The molecular weight excluding hydrogens is 295 g/mol. The van der Waals surface area contributed by atoms with Gasteiger partial charge in [-0.1, -0.05) is 42.8 Å². The van der Waals surface area contributed by atoms with Gasteiger partial charge in [0.1, 0.15) is 0 Å². The highest BCUT2D eigenvalue weighted by Crippen LogP contribution is 2.43. The van der Waals surface area contributed by atoms with E-state index < -0.39 is 7.60 Å². The van der Waals surface area contributed by atoms with E-state index in [2.05, 4.69) is 12.1 Å². The van der Waals surface area contributed by atoms with E-state index in [1.165, 1.54) is 5.56 Å². The first-order valence-electron chi connectivity index (χ1n) is 7.47. The number of hydrogen-bond donors (Lipinski definition) is 1. The number of hydrogen-bond acceptors (Lipinski definition) is 2. The van der Waals surface area contributed by atoms with Gasteiger partial charge in [0.15, 0.2) is 0 Å². The van der Waals surface area contributed by atoms with Gasteiger partial charge in [-0.2, -0.15) is 0 Å². The highest BCUT2D eigenvalue weighted by Gasteiger charge is 2.25. The Morgan fingerprint density at radius 3 is 2.27 bits per heavy atom. The second-order valence-corrected chi connectivity index (χ2v) is 7.43. The van der Waals surface area contributed by atoms with Crippen molar-refractivity contribution < 1.29 is 14.0 Å². The first kappa shape index (κ1) is 17.0. The fraction of sp³-hybridized carbons (Fsp3) is 0.333. The third-order valence-electron chi connectivity index (χ3n) is 3.90. The maximum Gasteiger partial charge on any atom is 0.359 e. The predicted molar refractivity (Wildman–Crippen MR) is 90.7 cm³/mol. The van der Waals surface area contributed by atoms with Crippen molar-refractivity contribution in [2.75, 3.05) is 0 Å². The minimum atomic E-state index is -3.82. The van der Waals surface area contributed by atoms with Gasteiger partial charge in [-0.25, -0.2) is 0 Å². The van der Waals surface area contributed by atoms with E-state index in [1.807, 2.05) is 39.8 Å². The molecule has 0 aliphatic carbocycles. The molecular formula is C18H23O3P. The molecule has 22 heavy (non-hydrogen) atoms. The lowest BCUT2D eigenvalue weighted by Gasteiger charge is -2.17. The third-order valence-corrected chi connectivity index (χ3v) is 5.43. The molecule has 0 spiro atoms. The minimum Gasteiger partial charge on any atom is -0.321 e. The van der Waals surface area contributed by atoms with Gasteiger partial charge in [0.05, 0.1) is 11.9 Å². The minimum absolute atomic E-state index is 0.143.